The second-order valence-corrected chi connectivity index (χ2v) is 33.8. The summed E-state index contributed by atoms with van der Waals surface area (Å²) in [7, 11) is -26.2. The van der Waals surface area contributed by atoms with Crippen molar-refractivity contribution in [3.8, 4) is 89.8 Å². The molecule has 2 heterocycles. The van der Waals surface area contributed by atoms with Gasteiger partial charge < -0.3 is 18.1 Å². The van der Waals surface area contributed by atoms with Crippen molar-refractivity contribution in [2.45, 2.75) is 11.0 Å². The number of rotatable bonds is 8. The molecule has 0 spiro atoms. The van der Waals surface area contributed by atoms with Crippen LogP contribution in [0.2, 0.25) is 0 Å². The molecule has 0 unspecified atom stereocenters. The Kier molecular flexibility index (Phi) is 14.9. The molecule has 0 amide bonds. The molecule has 18 rings (SSSR count). The number of halogens is 6. The predicted molar refractivity (Wildman–Crippen MR) is 404 cm³/mol. The first-order chi connectivity index (χ1) is 50.1. The molecule has 21 heteroatoms. The summed E-state index contributed by atoms with van der Waals surface area (Å²) in [5, 5.41) is 9.60. The highest BCUT2D eigenvalue weighted by Crippen LogP contribution is 2.77. The van der Waals surface area contributed by atoms with Gasteiger partial charge in [-0.2, -0.15) is 43.2 Å². The first-order valence-electron chi connectivity index (χ1n) is 32.7. The molecule has 0 N–H and O–H groups in total. The van der Waals surface area contributed by atoms with Crippen molar-refractivity contribution in [3.05, 3.63) is 291 Å². The third-order valence-corrected chi connectivity index (χ3v) is 28.4. The fraction of sp³-hybridized carbons (Fsp3) is 0.0361. The largest absolute Gasteiger partial charge is 0.518 e. The Morgan fingerprint density at radius 2 is 0.481 bits per heavy atom. The van der Waals surface area contributed by atoms with Gasteiger partial charge in [0.1, 0.15) is 23.0 Å². The van der Waals surface area contributed by atoms with Crippen LogP contribution in [0.15, 0.2) is 299 Å². The van der Waals surface area contributed by atoms with Crippen molar-refractivity contribution >= 4 is 122 Å². The molecule has 510 valence electrons. The van der Waals surface area contributed by atoms with Crippen molar-refractivity contribution in [2.75, 3.05) is 7.05 Å². The summed E-state index contributed by atoms with van der Waals surface area (Å²) in [6, 6.07) is 85.9. The predicted octanol–water partition coefficient (Wildman–Crippen LogP) is 24.7. The summed E-state index contributed by atoms with van der Waals surface area (Å²) < 4.78 is 198. The lowest BCUT2D eigenvalue weighted by atomic mass is 9.86. The van der Waals surface area contributed by atoms with Crippen LogP contribution in [0, 0.1) is 0 Å². The Balaban J connectivity index is 1.05. The highest BCUT2D eigenvalue weighted by Gasteiger charge is 2.59. The zero-order valence-electron chi connectivity index (χ0n) is 54.3. The van der Waals surface area contributed by atoms with Gasteiger partial charge in [0.15, 0.2) is 0 Å². The molecule has 0 aromatic heterocycles. The standard InChI is InChI=1S/C83H51F6N3O8P2S2/c1-92(101(90-103(93,94)82(84,85)86)97-78-70(62-38-34-50-18-2-6-22-54(50)42-62)46-58-26-10-14-30-66(58)74(78)75-67-31-15-11-27-59(67)47-71(79(75)98-101)63-39-35-51-19-3-7-23-55(51)43-63)102(91-104(95,96)83(87,88)89)99-80-72(64-40-36-52-20-4-8-24-56(52)44-64)48-60-28-12-16-32-68(60)76(80)77-69-33-17-13-29-61(69)49-73(81(77)100-102)65-41-37-53-21-5-9-25-57(53)45-65/h2-49H,1H3. The lowest BCUT2D eigenvalue weighted by Crippen LogP contribution is -2.29. The van der Waals surface area contributed by atoms with Crippen molar-refractivity contribution < 1.29 is 61.3 Å². The van der Waals surface area contributed by atoms with Crippen LogP contribution in [0.5, 0.6) is 23.0 Å². The zero-order valence-corrected chi connectivity index (χ0v) is 57.7. The van der Waals surface area contributed by atoms with E-state index in [1.807, 2.05) is 146 Å². The van der Waals surface area contributed by atoms with E-state index in [9.17, 15) is 0 Å². The minimum Gasteiger partial charge on any atom is -0.417 e. The average molecular weight is 1460 g/mol. The van der Waals surface area contributed by atoms with Crippen molar-refractivity contribution in [3.63, 3.8) is 0 Å². The molecule has 0 saturated carbocycles. The summed E-state index contributed by atoms with van der Waals surface area (Å²) in [6.45, 7) is 0. The van der Waals surface area contributed by atoms with Crippen molar-refractivity contribution in [1.29, 1.82) is 0 Å². The highest BCUT2D eigenvalue weighted by atomic mass is 32.2. The monoisotopic (exact) mass is 1460 g/mol. The van der Waals surface area contributed by atoms with Crippen LogP contribution in [0.25, 0.3) is 153 Å². The topological polar surface area (TPSA) is 133 Å². The minimum atomic E-state index is -7.11. The first-order valence-corrected chi connectivity index (χ1v) is 38.7. The fourth-order valence-electron chi connectivity index (χ4n) is 14.4. The van der Waals surface area contributed by atoms with Crippen LogP contribution in [0.4, 0.5) is 26.3 Å². The third kappa shape index (κ3) is 10.6. The summed E-state index contributed by atoms with van der Waals surface area (Å²) in [6.07, 6.45) is 0. The zero-order chi connectivity index (χ0) is 71.2. The molecule has 16 aromatic rings. The molecule has 0 saturated heterocycles. The summed E-state index contributed by atoms with van der Waals surface area (Å²) in [4.78, 5) is 0. The third-order valence-electron chi connectivity index (χ3n) is 19.3. The normalized spacial score (nSPS) is 14.2. The first kappa shape index (κ1) is 64.8. The summed E-state index contributed by atoms with van der Waals surface area (Å²) >= 11 is 0. The van der Waals surface area contributed by atoms with Gasteiger partial charge in [0.05, 0.1) is 0 Å². The molecular weight excluding hydrogens is 1410 g/mol. The SMILES string of the molecule is CN(P1(=NS(=O)(=O)C(F)(F)F)Oc2c(-c3ccc4ccccc4c3)cc3ccccc3c2-c2c(c(-c3ccc4ccccc4c3)cc3ccccc23)O1)P1(=NS(=O)(=O)C(F)(F)F)Oc2c(-c3ccc4ccccc4c3)cc3ccccc3c2-c2c(c(-c3ccc4ccccc4c3)cc3ccccc23)O1. The van der Waals surface area contributed by atoms with E-state index in [0.717, 1.165) is 28.6 Å². The molecule has 0 radical (unpaired) electrons. The second-order valence-electron chi connectivity index (χ2n) is 25.5. The Hall–Kier alpha value is -11.3. The van der Waals surface area contributed by atoms with Gasteiger partial charge in [-0.25, -0.2) is 0 Å². The number of hydrogen-bond donors (Lipinski definition) is 0. The van der Waals surface area contributed by atoms with Gasteiger partial charge in [-0.1, -0.05) is 251 Å². The Morgan fingerprint density at radius 1 is 0.279 bits per heavy atom. The maximum Gasteiger partial charge on any atom is 0.518 e. The van der Waals surface area contributed by atoms with Crippen molar-refractivity contribution in [1.82, 2.24) is 4.44 Å². The molecule has 0 fully saturated rings. The van der Waals surface area contributed by atoms with Gasteiger partial charge in [0.2, 0.25) is 0 Å². The fourth-order valence-corrected chi connectivity index (χ4v) is 23.1. The van der Waals surface area contributed by atoms with E-state index < -0.39 is 46.4 Å². The summed E-state index contributed by atoms with van der Waals surface area (Å²) in [5.74, 6) is -1.51. The van der Waals surface area contributed by atoms with Crippen LogP contribution in [-0.2, 0) is 20.0 Å². The number of benzene rings is 16. The van der Waals surface area contributed by atoms with Gasteiger partial charge in [-0.05, 0) is 157 Å². The van der Waals surface area contributed by atoms with Gasteiger partial charge in [0, 0.05) is 51.6 Å². The molecule has 16 aromatic carbocycles. The number of sulfonamides is 2. The van der Waals surface area contributed by atoms with Crippen LogP contribution >= 0.6 is 15.3 Å². The van der Waals surface area contributed by atoms with E-state index in [0.29, 0.717) is 91.3 Å². The maximum atomic E-state index is 16.4. The Labute approximate surface area is 591 Å². The van der Waals surface area contributed by atoms with Gasteiger partial charge in [-0.3, -0.25) is 0 Å². The van der Waals surface area contributed by atoms with Gasteiger partial charge in [0.25, 0.3) is 0 Å². The Bertz CT molecular complexity index is 6040. The molecular formula is C83H51F6N3O8P2S2. The van der Waals surface area contributed by atoms with E-state index in [2.05, 4.69) is 8.30 Å². The average Bonchev–Trinajstić information content (AvgIpc) is 1.51. The summed E-state index contributed by atoms with van der Waals surface area (Å²) in [5.41, 5.74) is -10.3. The van der Waals surface area contributed by atoms with E-state index >= 15 is 43.2 Å². The molecule has 0 aliphatic carbocycles. The van der Waals surface area contributed by atoms with E-state index in [-0.39, 0.29) is 67.5 Å². The van der Waals surface area contributed by atoms with Gasteiger partial charge >= 0.3 is 46.4 Å². The number of hydrogen-bond acceptors (Lipinski definition) is 8. The second kappa shape index (κ2) is 23.9. The van der Waals surface area contributed by atoms with Crippen molar-refractivity contribution in [2.24, 2.45) is 8.30 Å². The van der Waals surface area contributed by atoms with Crippen LogP contribution in [-0.4, -0.2) is 39.3 Å². The highest BCUT2D eigenvalue weighted by molar-refractivity contribution is 7.96. The Morgan fingerprint density at radius 3 is 0.702 bits per heavy atom. The lowest BCUT2D eigenvalue weighted by Gasteiger charge is -2.37. The van der Waals surface area contributed by atoms with Crippen LogP contribution < -0.4 is 18.1 Å². The lowest BCUT2D eigenvalue weighted by molar-refractivity contribution is -0.0440. The number of fused-ring (bicyclic) bond motifs is 18. The van der Waals surface area contributed by atoms with E-state index in [4.69, 9.17) is 18.1 Å². The van der Waals surface area contributed by atoms with E-state index in [1.54, 1.807) is 146 Å². The van der Waals surface area contributed by atoms with Crippen LogP contribution in [0.3, 0.4) is 0 Å². The molecule has 2 aliphatic heterocycles. The van der Waals surface area contributed by atoms with Crippen LogP contribution in [0.1, 0.15) is 0 Å². The maximum absolute atomic E-state index is 16.4. The number of nitrogens with zero attached hydrogens (tertiary/aromatic N) is 3. The molecule has 11 nitrogen and oxygen atoms in total. The molecule has 2 aliphatic rings. The van der Waals surface area contributed by atoms with E-state index in [1.165, 1.54) is 0 Å². The minimum absolute atomic E-state index is 0.110. The van der Waals surface area contributed by atoms with Gasteiger partial charge in [-0.15, -0.1) is 4.44 Å². The quantitative estimate of drug-likeness (QED) is 0.108. The molecule has 104 heavy (non-hydrogen) atoms. The number of alkyl halides is 6. The smallest absolute Gasteiger partial charge is 0.417 e. The molecule has 0 bridgehead atoms. The molecule has 0 atom stereocenters.